The molecule has 0 unspecified atom stereocenters. The fraction of sp³-hybridized carbons (Fsp3) is 0.889. The Morgan fingerprint density at radius 1 is 1.00 bits per heavy atom. The van der Waals surface area contributed by atoms with Crippen molar-refractivity contribution in [3.8, 4) is 0 Å². The molecule has 0 aliphatic carbocycles. The van der Waals surface area contributed by atoms with Gasteiger partial charge < -0.3 is 9.84 Å². The van der Waals surface area contributed by atoms with Crippen LogP contribution in [0.15, 0.2) is 0 Å². The zero-order valence-corrected chi connectivity index (χ0v) is 8.84. The van der Waals surface area contributed by atoms with Crippen molar-refractivity contribution >= 4 is 6.47 Å². The molecule has 0 saturated heterocycles. The van der Waals surface area contributed by atoms with E-state index in [1.807, 2.05) is 0 Å². The number of hydrogen-bond donors (Lipinski definition) is 1. The third kappa shape index (κ3) is 22.7. The second kappa shape index (κ2) is 5.14. The normalized spacial score (nSPS) is 11.5. The van der Waals surface area contributed by atoms with Crippen molar-refractivity contribution in [2.45, 2.75) is 52.7 Å². The van der Waals surface area contributed by atoms with E-state index in [1.54, 1.807) is 0 Å². The molecule has 0 amide bonds. The minimum atomic E-state index is -0.250. The SMILES string of the molecule is CC(C)(C)OC(C)(C)C.O=CO. The van der Waals surface area contributed by atoms with Gasteiger partial charge in [-0.25, -0.2) is 0 Å². The first-order valence-corrected chi connectivity index (χ1v) is 3.90. The highest BCUT2D eigenvalue weighted by Crippen LogP contribution is 2.17. The summed E-state index contributed by atoms with van der Waals surface area (Å²) in [6.07, 6.45) is 0. The third-order valence-corrected chi connectivity index (χ3v) is 0.612. The van der Waals surface area contributed by atoms with Crippen LogP contribution in [0.5, 0.6) is 0 Å². The molecule has 0 aromatic carbocycles. The van der Waals surface area contributed by atoms with E-state index in [0.29, 0.717) is 0 Å². The summed E-state index contributed by atoms with van der Waals surface area (Å²) >= 11 is 0. The molecule has 0 radical (unpaired) electrons. The van der Waals surface area contributed by atoms with Crippen LogP contribution >= 0.6 is 0 Å². The molecule has 0 bridgehead atoms. The second-order valence-electron chi connectivity index (χ2n) is 4.43. The molecule has 3 heteroatoms. The van der Waals surface area contributed by atoms with Crippen molar-refractivity contribution < 1.29 is 14.6 Å². The predicted molar refractivity (Wildman–Crippen MR) is 49.3 cm³/mol. The first kappa shape index (κ1) is 14.0. The van der Waals surface area contributed by atoms with E-state index in [1.165, 1.54) is 0 Å². The fourth-order valence-electron chi connectivity index (χ4n) is 0.919. The number of carboxylic acid groups (broad SMARTS) is 1. The Morgan fingerprint density at radius 2 is 1.17 bits per heavy atom. The molecular formula is C9H20O3. The van der Waals surface area contributed by atoms with Gasteiger partial charge in [0.1, 0.15) is 0 Å². The highest BCUT2D eigenvalue weighted by molar-refractivity contribution is 5.32. The van der Waals surface area contributed by atoms with Gasteiger partial charge in [-0.2, -0.15) is 0 Å². The van der Waals surface area contributed by atoms with E-state index < -0.39 is 0 Å². The number of hydrogen-bond acceptors (Lipinski definition) is 2. The minimum Gasteiger partial charge on any atom is -0.483 e. The third-order valence-electron chi connectivity index (χ3n) is 0.612. The maximum atomic E-state index is 8.36. The highest BCUT2D eigenvalue weighted by atomic mass is 16.5. The van der Waals surface area contributed by atoms with Crippen molar-refractivity contribution in [2.24, 2.45) is 0 Å². The molecule has 0 spiro atoms. The molecule has 0 aliphatic rings. The van der Waals surface area contributed by atoms with Crippen molar-refractivity contribution in [3.63, 3.8) is 0 Å². The standard InChI is InChI=1S/C8H18O.CH2O2/c1-7(2,3)9-8(4,5)6;2-1-3/h1-6H3;1H,(H,2,3). The molecule has 1 N–H and O–H groups in total. The average molecular weight is 176 g/mol. The second-order valence-corrected chi connectivity index (χ2v) is 4.43. The van der Waals surface area contributed by atoms with Gasteiger partial charge in [0.05, 0.1) is 11.2 Å². The van der Waals surface area contributed by atoms with Gasteiger partial charge >= 0.3 is 0 Å². The molecule has 0 aromatic rings. The molecule has 12 heavy (non-hydrogen) atoms. The number of rotatable bonds is 0. The van der Waals surface area contributed by atoms with Gasteiger partial charge in [-0.15, -0.1) is 0 Å². The zero-order valence-electron chi connectivity index (χ0n) is 8.84. The molecular weight excluding hydrogens is 156 g/mol. The first-order chi connectivity index (χ1) is 5.12. The molecule has 0 heterocycles. The van der Waals surface area contributed by atoms with Crippen LogP contribution < -0.4 is 0 Å². The van der Waals surface area contributed by atoms with E-state index >= 15 is 0 Å². The highest BCUT2D eigenvalue weighted by Gasteiger charge is 2.19. The molecule has 0 aromatic heterocycles. The van der Waals surface area contributed by atoms with Crippen molar-refractivity contribution in [1.29, 1.82) is 0 Å². The van der Waals surface area contributed by atoms with Crippen LogP contribution in [-0.2, 0) is 9.53 Å². The Kier molecular flexibility index (Phi) is 5.99. The van der Waals surface area contributed by atoms with E-state index in [0.717, 1.165) is 0 Å². The molecule has 0 rings (SSSR count). The van der Waals surface area contributed by atoms with Gasteiger partial charge in [-0.05, 0) is 41.5 Å². The number of ether oxygens (including phenoxy) is 1. The maximum absolute atomic E-state index is 8.36. The molecule has 0 aliphatic heterocycles. The van der Waals surface area contributed by atoms with Gasteiger partial charge in [0.15, 0.2) is 0 Å². The Balaban J connectivity index is 0. The summed E-state index contributed by atoms with van der Waals surface area (Å²) < 4.78 is 5.62. The molecule has 0 atom stereocenters. The van der Waals surface area contributed by atoms with Crippen LogP contribution in [0.2, 0.25) is 0 Å². The molecule has 3 nitrogen and oxygen atoms in total. The molecule has 0 fully saturated rings. The summed E-state index contributed by atoms with van der Waals surface area (Å²) in [5.74, 6) is 0. The van der Waals surface area contributed by atoms with Crippen LogP contribution in [0.25, 0.3) is 0 Å². The monoisotopic (exact) mass is 176 g/mol. The lowest BCUT2D eigenvalue weighted by Gasteiger charge is -2.30. The number of carbonyl (C=O) groups is 1. The largest absolute Gasteiger partial charge is 0.483 e. The van der Waals surface area contributed by atoms with Crippen LogP contribution in [0.4, 0.5) is 0 Å². The van der Waals surface area contributed by atoms with E-state index in [4.69, 9.17) is 14.6 Å². The van der Waals surface area contributed by atoms with E-state index in [-0.39, 0.29) is 17.7 Å². The summed E-state index contributed by atoms with van der Waals surface area (Å²) in [4.78, 5) is 8.36. The maximum Gasteiger partial charge on any atom is 0.290 e. The lowest BCUT2D eigenvalue weighted by Crippen LogP contribution is -2.31. The van der Waals surface area contributed by atoms with Crippen molar-refractivity contribution in [1.82, 2.24) is 0 Å². The van der Waals surface area contributed by atoms with Crippen LogP contribution in [0.1, 0.15) is 41.5 Å². The Bertz CT molecular complexity index is 105. The van der Waals surface area contributed by atoms with E-state index in [2.05, 4.69) is 41.5 Å². The predicted octanol–water partition coefficient (Wildman–Crippen LogP) is 2.30. The van der Waals surface area contributed by atoms with Crippen LogP contribution in [-0.4, -0.2) is 22.8 Å². The zero-order chi connectivity index (χ0) is 10.4. The Labute approximate surface area is 74.7 Å². The fourth-order valence-corrected chi connectivity index (χ4v) is 0.919. The summed E-state index contributed by atoms with van der Waals surface area (Å²) in [5.41, 5.74) is -0.0312. The summed E-state index contributed by atoms with van der Waals surface area (Å²) in [6, 6.07) is 0. The quantitative estimate of drug-likeness (QED) is 0.576. The van der Waals surface area contributed by atoms with Gasteiger partial charge in [0, 0.05) is 0 Å². The van der Waals surface area contributed by atoms with Gasteiger partial charge in [0.2, 0.25) is 0 Å². The van der Waals surface area contributed by atoms with Gasteiger partial charge in [-0.3, -0.25) is 4.79 Å². The van der Waals surface area contributed by atoms with Crippen molar-refractivity contribution in [2.75, 3.05) is 0 Å². The smallest absolute Gasteiger partial charge is 0.290 e. The van der Waals surface area contributed by atoms with Crippen LogP contribution in [0.3, 0.4) is 0 Å². The molecule has 74 valence electrons. The van der Waals surface area contributed by atoms with Crippen LogP contribution in [0, 0.1) is 0 Å². The Morgan fingerprint density at radius 3 is 1.17 bits per heavy atom. The van der Waals surface area contributed by atoms with Crippen molar-refractivity contribution in [3.05, 3.63) is 0 Å². The Hall–Kier alpha value is -0.570. The lowest BCUT2D eigenvalue weighted by atomic mass is 10.1. The van der Waals surface area contributed by atoms with Gasteiger partial charge in [0.25, 0.3) is 6.47 Å². The van der Waals surface area contributed by atoms with Gasteiger partial charge in [-0.1, -0.05) is 0 Å². The first-order valence-electron chi connectivity index (χ1n) is 3.90. The summed E-state index contributed by atoms with van der Waals surface area (Å²) in [6.45, 7) is 12.2. The minimum absolute atomic E-state index is 0.0156. The summed E-state index contributed by atoms with van der Waals surface area (Å²) in [7, 11) is 0. The average Bonchev–Trinajstić information content (AvgIpc) is 1.53. The summed E-state index contributed by atoms with van der Waals surface area (Å²) in [5, 5.41) is 6.89. The van der Waals surface area contributed by atoms with E-state index in [9.17, 15) is 0 Å². The lowest BCUT2D eigenvalue weighted by molar-refractivity contribution is -0.122. The molecule has 0 saturated carbocycles. The topological polar surface area (TPSA) is 46.5 Å².